The number of pyridine rings is 1. The van der Waals surface area contributed by atoms with E-state index in [2.05, 4.69) is 85.4 Å². The van der Waals surface area contributed by atoms with Gasteiger partial charge in [0.05, 0.1) is 0 Å². The summed E-state index contributed by atoms with van der Waals surface area (Å²) in [6.07, 6.45) is 9.15. The molecule has 0 radical (unpaired) electrons. The van der Waals surface area contributed by atoms with Gasteiger partial charge in [0.15, 0.2) is 6.20 Å². The molecule has 0 atom stereocenters. The molecule has 0 N–H and O–H groups in total. The summed E-state index contributed by atoms with van der Waals surface area (Å²) in [7, 11) is 2.15. The first kappa shape index (κ1) is 17.0. The Bertz CT molecular complexity index is 889. The first-order valence-electron chi connectivity index (χ1n) is 9.88. The van der Waals surface area contributed by atoms with Gasteiger partial charge in [-0.3, -0.25) is 0 Å². The van der Waals surface area contributed by atoms with Crippen molar-refractivity contribution in [2.45, 2.75) is 44.9 Å². The van der Waals surface area contributed by atoms with Gasteiger partial charge in [-0.25, -0.2) is 4.57 Å². The topological polar surface area (TPSA) is 3.88 Å². The molecule has 0 aliphatic heterocycles. The molecular weight excluding hydrogens is 314 g/mol. The maximum Gasteiger partial charge on any atom is 0.212 e. The highest BCUT2D eigenvalue weighted by molar-refractivity contribution is 5.66. The quantitative estimate of drug-likeness (QED) is 0.499. The molecule has 2 aromatic carbocycles. The van der Waals surface area contributed by atoms with Gasteiger partial charge in [0.25, 0.3) is 0 Å². The minimum absolute atomic E-state index is 0.769. The fourth-order valence-corrected chi connectivity index (χ4v) is 4.35. The van der Waals surface area contributed by atoms with E-state index in [4.69, 9.17) is 0 Å². The summed E-state index contributed by atoms with van der Waals surface area (Å²) in [6.45, 7) is 2.26. The summed E-state index contributed by atoms with van der Waals surface area (Å²) in [6, 6.07) is 22.2. The van der Waals surface area contributed by atoms with Crippen LogP contribution in [0.4, 0.5) is 0 Å². The van der Waals surface area contributed by atoms with Crippen LogP contribution in [0.15, 0.2) is 66.9 Å². The summed E-state index contributed by atoms with van der Waals surface area (Å²) >= 11 is 0. The van der Waals surface area contributed by atoms with Crippen molar-refractivity contribution in [3.05, 3.63) is 78.0 Å². The third-order valence-corrected chi connectivity index (χ3v) is 5.84. The minimum Gasteiger partial charge on any atom is -0.200 e. The van der Waals surface area contributed by atoms with Crippen LogP contribution >= 0.6 is 0 Å². The van der Waals surface area contributed by atoms with Crippen LogP contribution in [0.5, 0.6) is 0 Å². The highest BCUT2D eigenvalue weighted by atomic mass is 14.9. The van der Waals surface area contributed by atoms with E-state index in [9.17, 15) is 0 Å². The number of hydrogen-bond acceptors (Lipinski definition) is 0. The van der Waals surface area contributed by atoms with Gasteiger partial charge < -0.3 is 0 Å². The largest absolute Gasteiger partial charge is 0.212 e. The van der Waals surface area contributed by atoms with Crippen molar-refractivity contribution in [3.8, 4) is 22.4 Å². The molecule has 1 aliphatic carbocycles. The molecule has 1 saturated carbocycles. The molecule has 0 unspecified atom stereocenters. The van der Waals surface area contributed by atoms with Crippen molar-refractivity contribution < 1.29 is 4.57 Å². The summed E-state index contributed by atoms with van der Waals surface area (Å²) in [5.74, 6) is 0.769. The van der Waals surface area contributed by atoms with Crippen LogP contribution in [0.3, 0.4) is 0 Å². The Labute approximate surface area is 157 Å². The molecule has 1 aromatic heterocycles. The molecule has 0 amide bonds. The molecule has 4 rings (SSSR count). The average molecular weight is 343 g/mol. The maximum atomic E-state index is 2.43. The molecular formula is C25H28N+. The van der Waals surface area contributed by atoms with E-state index >= 15 is 0 Å². The second-order valence-electron chi connectivity index (χ2n) is 7.69. The van der Waals surface area contributed by atoms with Crippen LogP contribution in [0.25, 0.3) is 22.4 Å². The molecule has 1 heteroatoms. The molecule has 1 nitrogen and oxygen atoms in total. The Balaban J connectivity index is 1.65. The maximum absolute atomic E-state index is 2.43. The van der Waals surface area contributed by atoms with E-state index in [-0.39, 0.29) is 0 Å². The Kier molecular flexibility index (Phi) is 4.88. The van der Waals surface area contributed by atoms with Gasteiger partial charge in [0.1, 0.15) is 7.05 Å². The van der Waals surface area contributed by atoms with Crippen molar-refractivity contribution in [1.29, 1.82) is 0 Å². The lowest BCUT2D eigenvalue weighted by Gasteiger charge is -2.22. The zero-order valence-corrected chi connectivity index (χ0v) is 15.9. The number of rotatable bonds is 3. The molecule has 1 heterocycles. The van der Waals surface area contributed by atoms with E-state index in [1.165, 1.54) is 65.6 Å². The number of aromatic nitrogens is 1. The summed E-state index contributed by atoms with van der Waals surface area (Å²) in [5.41, 5.74) is 8.06. The molecule has 0 bridgehead atoms. The summed E-state index contributed by atoms with van der Waals surface area (Å²) in [4.78, 5) is 0. The Morgan fingerprint density at radius 1 is 0.808 bits per heavy atom. The third-order valence-electron chi connectivity index (χ3n) is 5.84. The predicted molar refractivity (Wildman–Crippen MR) is 109 cm³/mol. The lowest BCUT2D eigenvalue weighted by atomic mass is 9.83. The van der Waals surface area contributed by atoms with E-state index in [1.54, 1.807) is 0 Å². The fourth-order valence-electron chi connectivity index (χ4n) is 4.35. The van der Waals surface area contributed by atoms with E-state index in [0.29, 0.717) is 0 Å². The van der Waals surface area contributed by atoms with Gasteiger partial charge in [-0.2, -0.15) is 0 Å². The van der Waals surface area contributed by atoms with Crippen LogP contribution in [0, 0.1) is 6.92 Å². The number of hydrogen-bond donors (Lipinski definition) is 0. The summed E-state index contributed by atoms with van der Waals surface area (Å²) < 4.78 is 2.25. The van der Waals surface area contributed by atoms with Gasteiger partial charge in [-0.1, -0.05) is 61.7 Å². The highest BCUT2D eigenvalue weighted by Gasteiger charge is 2.18. The van der Waals surface area contributed by atoms with Gasteiger partial charge in [0.2, 0.25) is 5.69 Å². The van der Waals surface area contributed by atoms with Gasteiger partial charge in [-0.15, -0.1) is 0 Å². The van der Waals surface area contributed by atoms with Crippen LogP contribution in [-0.2, 0) is 7.05 Å². The Morgan fingerprint density at radius 3 is 2.27 bits per heavy atom. The first-order chi connectivity index (χ1) is 12.7. The van der Waals surface area contributed by atoms with Crippen LogP contribution in [0.1, 0.15) is 49.1 Å². The molecule has 1 fully saturated rings. The second kappa shape index (κ2) is 7.45. The smallest absolute Gasteiger partial charge is 0.200 e. The second-order valence-corrected chi connectivity index (χ2v) is 7.69. The number of aryl methyl sites for hydroxylation is 2. The van der Waals surface area contributed by atoms with Crippen molar-refractivity contribution in [3.63, 3.8) is 0 Å². The minimum atomic E-state index is 0.769. The van der Waals surface area contributed by atoms with E-state index < -0.39 is 0 Å². The Hall–Kier alpha value is -2.41. The third kappa shape index (κ3) is 3.44. The van der Waals surface area contributed by atoms with Crippen molar-refractivity contribution >= 4 is 0 Å². The van der Waals surface area contributed by atoms with Crippen molar-refractivity contribution in [2.24, 2.45) is 7.05 Å². The monoisotopic (exact) mass is 342 g/mol. The van der Waals surface area contributed by atoms with E-state index in [0.717, 1.165) is 5.92 Å². The zero-order chi connectivity index (χ0) is 17.9. The lowest BCUT2D eigenvalue weighted by molar-refractivity contribution is -0.659. The molecule has 0 saturated heterocycles. The lowest BCUT2D eigenvalue weighted by Crippen LogP contribution is -2.30. The normalized spacial score (nSPS) is 15.2. The molecule has 1 aliphatic rings. The van der Waals surface area contributed by atoms with Gasteiger partial charge >= 0.3 is 0 Å². The highest BCUT2D eigenvalue weighted by Crippen LogP contribution is 2.34. The SMILES string of the molecule is Cc1cc(C2CCCCC2)ccc1-c1ccc(-c2ccccc2)c[n+]1C. The average Bonchev–Trinajstić information content (AvgIpc) is 2.69. The molecule has 0 spiro atoms. The van der Waals surface area contributed by atoms with E-state index in [1.807, 2.05) is 0 Å². The van der Waals surface area contributed by atoms with Crippen LogP contribution in [0.2, 0.25) is 0 Å². The fraction of sp³-hybridized carbons (Fsp3) is 0.320. The van der Waals surface area contributed by atoms with Crippen LogP contribution in [-0.4, -0.2) is 0 Å². The van der Waals surface area contributed by atoms with Gasteiger partial charge in [0, 0.05) is 17.2 Å². The number of benzene rings is 2. The van der Waals surface area contributed by atoms with Crippen molar-refractivity contribution in [2.75, 3.05) is 0 Å². The standard InChI is InChI=1S/C25H28N/c1-19-17-22(20-9-5-3-6-10-20)13-15-24(19)25-16-14-23(18-26(25)2)21-11-7-4-8-12-21/h4,7-8,11-18,20H,3,5-6,9-10H2,1-2H3/q+1. The molecule has 132 valence electrons. The van der Waals surface area contributed by atoms with Crippen molar-refractivity contribution in [1.82, 2.24) is 0 Å². The summed E-state index contributed by atoms with van der Waals surface area (Å²) in [5, 5.41) is 0. The molecule has 26 heavy (non-hydrogen) atoms. The Morgan fingerprint density at radius 2 is 1.58 bits per heavy atom. The molecule has 3 aromatic rings. The number of nitrogens with zero attached hydrogens (tertiary/aromatic N) is 1. The first-order valence-corrected chi connectivity index (χ1v) is 9.88. The zero-order valence-electron chi connectivity index (χ0n) is 15.9. The van der Waals surface area contributed by atoms with Crippen LogP contribution < -0.4 is 4.57 Å². The predicted octanol–water partition coefficient (Wildman–Crippen LogP) is 6.20. The van der Waals surface area contributed by atoms with Gasteiger partial charge in [-0.05, 0) is 54.5 Å².